The first-order valence-electron chi connectivity index (χ1n) is 38.2. The molecule has 17 nitrogen and oxygen atoms in total. The van der Waals surface area contributed by atoms with Gasteiger partial charge in [-0.1, -0.05) is 295 Å². The highest BCUT2D eigenvalue weighted by molar-refractivity contribution is 7.47. The zero-order chi connectivity index (χ0) is 69.0. The zero-order valence-electron chi connectivity index (χ0n) is 60.2. The Hall–Kier alpha value is -2.72. The second kappa shape index (κ2) is 68.8. The summed E-state index contributed by atoms with van der Waals surface area (Å²) in [5.74, 6) is -2.16. The van der Waals surface area contributed by atoms with Gasteiger partial charge in [0.05, 0.1) is 26.4 Å². The molecular formula is C75H140O17P2. The van der Waals surface area contributed by atoms with E-state index in [-0.39, 0.29) is 25.7 Å². The number of ether oxygens (including phenoxy) is 4. The van der Waals surface area contributed by atoms with Crippen LogP contribution in [0.3, 0.4) is 0 Å². The molecule has 0 saturated carbocycles. The third-order valence-corrected chi connectivity index (χ3v) is 18.5. The summed E-state index contributed by atoms with van der Waals surface area (Å²) in [6, 6.07) is 0. The first-order valence-corrected chi connectivity index (χ1v) is 41.2. The van der Waals surface area contributed by atoms with Gasteiger partial charge in [0.2, 0.25) is 0 Å². The minimum atomic E-state index is -4.97. The summed E-state index contributed by atoms with van der Waals surface area (Å²) in [7, 11) is -9.93. The van der Waals surface area contributed by atoms with Crippen molar-refractivity contribution in [2.75, 3.05) is 39.6 Å². The Morgan fingerprint density at radius 1 is 0.298 bits per heavy atom. The summed E-state index contributed by atoms with van der Waals surface area (Å²) in [6.07, 6.45) is 62.7. The predicted molar refractivity (Wildman–Crippen MR) is 381 cm³/mol. The Bertz CT molecular complexity index is 1930. The van der Waals surface area contributed by atoms with E-state index < -0.39 is 97.5 Å². The monoisotopic (exact) mass is 1370 g/mol. The molecule has 0 rings (SSSR count). The molecule has 0 aromatic carbocycles. The van der Waals surface area contributed by atoms with Gasteiger partial charge < -0.3 is 33.8 Å². The van der Waals surface area contributed by atoms with Crippen molar-refractivity contribution in [1.29, 1.82) is 0 Å². The van der Waals surface area contributed by atoms with E-state index in [4.69, 9.17) is 37.0 Å². The highest BCUT2D eigenvalue weighted by Crippen LogP contribution is 2.45. The first kappa shape index (κ1) is 91.3. The highest BCUT2D eigenvalue weighted by Gasteiger charge is 2.30. The van der Waals surface area contributed by atoms with E-state index in [2.05, 4.69) is 64.2 Å². The molecule has 19 heteroatoms. The van der Waals surface area contributed by atoms with Crippen molar-refractivity contribution in [3.05, 3.63) is 36.5 Å². The van der Waals surface area contributed by atoms with Crippen molar-refractivity contribution in [1.82, 2.24) is 0 Å². The maximum Gasteiger partial charge on any atom is 0.472 e. The van der Waals surface area contributed by atoms with Crippen LogP contribution < -0.4 is 0 Å². The van der Waals surface area contributed by atoms with E-state index in [1.165, 1.54) is 148 Å². The van der Waals surface area contributed by atoms with E-state index in [0.717, 1.165) is 135 Å². The number of unbranched alkanes of at least 4 members (excludes halogenated alkanes) is 41. The molecule has 3 N–H and O–H groups in total. The molecule has 0 aliphatic heterocycles. The zero-order valence-corrected chi connectivity index (χ0v) is 61.9. The van der Waals surface area contributed by atoms with Gasteiger partial charge in [-0.15, -0.1) is 0 Å². The van der Waals surface area contributed by atoms with Gasteiger partial charge in [-0.3, -0.25) is 37.3 Å². The smallest absolute Gasteiger partial charge is 0.462 e. The van der Waals surface area contributed by atoms with Crippen LogP contribution >= 0.6 is 15.6 Å². The molecule has 5 unspecified atom stereocenters. The van der Waals surface area contributed by atoms with Gasteiger partial charge in [-0.2, -0.15) is 0 Å². The second-order valence-corrected chi connectivity index (χ2v) is 28.9. The van der Waals surface area contributed by atoms with Gasteiger partial charge in [-0.25, -0.2) is 9.13 Å². The molecule has 0 bridgehead atoms. The Kier molecular flexibility index (Phi) is 66.8. The van der Waals surface area contributed by atoms with Crippen LogP contribution in [-0.2, 0) is 65.4 Å². The number of rotatable bonds is 73. The summed E-state index contributed by atoms with van der Waals surface area (Å²) in [4.78, 5) is 72.7. The van der Waals surface area contributed by atoms with Crippen LogP contribution in [0.1, 0.15) is 362 Å². The number of aliphatic hydroxyl groups excluding tert-OH is 1. The Morgan fingerprint density at radius 3 is 0.840 bits per heavy atom. The molecule has 0 radical (unpaired) electrons. The van der Waals surface area contributed by atoms with Gasteiger partial charge >= 0.3 is 39.5 Å². The molecule has 0 fully saturated rings. The Labute approximate surface area is 573 Å². The molecular weight excluding hydrogens is 1230 g/mol. The van der Waals surface area contributed by atoms with Gasteiger partial charge in [0.25, 0.3) is 0 Å². The third-order valence-electron chi connectivity index (χ3n) is 16.6. The van der Waals surface area contributed by atoms with E-state index in [1.807, 2.05) is 0 Å². The number of esters is 4. The fraction of sp³-hybridized carbons (Fsp3) is 0.867. The van der Waals surface area contributed by atoms with Crippen LogP contribution in [0.25, 0.3) is 0 Å². The van der Waals surface area contributed by atoms with E-state index in [1.54, 1.807) is 0 Å². The standard InChI is InChI=1S/C75H140O17P2/c1-5-9-13-17-21-25-29-33-34-38-40-44-48-52-56-60-73(78)86-66-71(92-75(80)62-58-54-50-46-42-37-32-28-24-20-16-12-8-4)68-90-94(83,84)88-64-69(76)63-87-93(81,82)89-67-70(91-74(79)61-57-53-49-45-41-36-31-27-23-19-15-11-7-3)65-85-72(77)59-55-51-47-43-39-35-30-26-22-18-14-10-6-2/h16,20,28,32-34,69-71,76H,5-15,17-19,21-27,29-31,35-68H2,1-4H3,(H,81,82)(H,83,84)/b20-16-,32-28-,34-33-. The number of phosphoric acid groups is 2. The van der Waals surface area contributed by atoms with Gasteiger partial charge in [0.15, 0.2) is 12.2 Å². The normalized spacial score (nSPS) is 14.2. The topological polar surface area (TPSA) is 237 Å². The molecule has 0 aromatic rings. The lowest BCUT2D eigenvalue weighted by Crippen LogP contribution is -2.30. The highest BCUT2D eigenvalue weighted by atomic mass is 31.2. The van der Waals surface area contributed by atoms with Crippen molar-refractivity contribution < 1.29 is 80.2 Å². The minimum Gasteiger partial charge on any atom is -0.462 e. The molecule has 0 saturated heterocycles. The molecule has 0 spiro atoms. The summed E-state index contributed by atoms with van der Waals surface area (Å²) in [5.41, 5.74) is 0. The number of allylic oxidation sites excluding steroid dienone is 6. The quantitative estimate of drug-likeness (QED) is 0.0169. The fourth-order valence-electron chi connectivity index (χ4n) is 10.7. The molecule has 0 heterocycles. The van der Waals surface area contributed by atoms with E-state index in [0.29, 0.717) is 25.7 Å². The largest absolute Gasteiger partial charge is 0.472 e. The number of carbonyl (C=O) groups excluding carboxylic acids is 4. The van der Waals surface area contributed by atoms with Crippen molar-refractivity contribution in [3.63, 3.8) is 0 Å². The lowest BCUT2D eigenvalue weighted by Gasteiger charge is -2.21. The van der Waals surface area contributed by atoms with Crippen LogP contribution in [0.2, 0.25) is 0 Å². The van der Waals surface area contributed by atoms with E-state index in [9.17, 15) is 43.2 Å². The van der Waals surface area contributed by atoms with Gasteiger partial charge in [-0.05, 0) is 77.0 Å². The van der Waals surface area contributed by atoms with Crippen LogP contribution in [-0.4, -0.2) is 96.7 Å². The molecule has 0 aliphatic rings. The van der Waals surface area contributed by atoms with Crippen molar-refractivity contribution in [3.8, 4) is 0 Å². The van der Waals surface area contributed by atoms with E-state index >= 15 is 0 Å². The molecule has 0 aliphatic carbocycles. The van der Waals surface area contributed by atoms with Crippen LogP contribution in [0.4, 0.5) is 0 Å². The Balaban J connectivity index is 5.30. The SMILES string of the molecule is CCC/C=C\C/C=C\CCCCCCCC(=O)OC(COC(=O)CCCCCCC/C=C\CCCCCCCC)COP(=O)(O)OCC(O)COP(=O)(O)OCC(COC(=O)CCCCCCCCCCCCCCC)OC(=O)CCCCCCCCCCCCCCC. The summed E-state index contributed by atoms with van der Waals surface area (Å²) in [5, 5.41) is 10.6. The number of hydrogen-bond acceptors (Lipinski definition) is 15. The molecule has 0 aromatic heterocycles. The Morgan fingerprint density at radius 2 is 0.543 bits per heavy atom. The maximum atomic E-state index is 13.1. The van der Waals surface area contributed by atoms with Crippen molar-refractivity contribution in [2.45, 2.75) is 380 Å². The summed E-state index contributed by atoms with van der Waals surface area (Å²) >= 11 is 0. The van der Waals surface area contributed by atoms with Gasteiger partial charge in [0, 0.05) is 25.7 Å². The maximum absolute atomic E-state index is 13.1. The van der Waals surface area contributed by atoms with Gasteiger partial charge in [0.1, 0.15) is 19.3 Å². The number of aliphatic hydroxyl groups is 1. The number of carbonyl (C=O) groups is 4. The van der Waals surface area contributed by atoms with Crippen LogP contribution in [0.15, 0.2) is 36.5 Å². The first-order chi connectivity index (χ1) is 45.7. The third kappa shape index (κ3) is 67.8. The van der Waals surface area contributed by atoms with Crippen LogP contribution in [0.5, 0.6) is 0 Å². The fourth-order valence-corrected chi connectivity index (χ4v) is 12.3. The number of phosphoric ester groups is 2. The average molecular weight is 1380 g/mol. The number of hydrogen-bond donors (Lipinski definition) is 3. The predicted octanol–water partition coefficient (Wildman–Crippen LogP) is 21.6. The molecule has 552 valence electrons. The average Bonchev–Trinajstić information content (AvgIpc) is 1.63. The molecule has 5 atom stereocenters. The summed E-state index contributed by atoms with van der Waals surface area (Å²) in [6.45, 7) is 4.85. The molecule has 0 amide bonds. The van der Waals surface area contributed by atoms with Crippen molar-refractivity contribution in [2.24, 2.45) is 0 Å². The second-order valence-electron chi connectivity index (χ2n) is 26.0. The van der Waals surface area contributed by atoms with Crippen LogP contribution in [0, 0.1) is 0 Å². The lowest BCUT2D eigenvalue weighted by atomic mass is 10.0. The minimum absolute atomic E-state index is 0.0830. The molecule has 94 heavy (non-hydrogen) atoms. The summed E-state index contributed by atoms with van der Waals surface area (Å²) < 4.78 is 68.4. The lowest BCUT2D eigenvalue weighted by molar-refractivity contribution is -0.161. The van der Waals surface area contributed by atoms with Crippen molar-refractivity contribution >= 4 is 39.5 Å².